The number of ether oxygens (including phenoxy) is 4. The summed E-state index contributed by atoms with van der Waals surface area (Å²) in [4.78, 5) is 4.49. The highest BCUT2D eigenvalue weighted by atomic mass is 16.7. The summed E-state index contributed by atoms with van der Waals surface area (Å²) in [7, 11) is 3.20. The van der Waals surface area contributed by atoms with Gasteiger partial charge < -0.3 is 33.9 Å². The van der Waals surface area contributed by atoms with Gasteiger partial charge in [0.2, 0.25) is 0 Å². The second-order valence-electron chi connectivity index (χ2n) is 7.53. The Balaban J connectivity index is 1.52. The molecule has 1 aromatic carbocycles. The van der Waals surface area contributed by atoms with Crippen LogP contribution in [0.15, 0.2) is 18.5 Å². The Labute approximate surface area is 157 Å². The minimum absolute atomic E-state index is 0.119. The standard InChI is InChI=1S/C19H25N3O5/c1-24-13-6-11-12(7-14(13)25-2)22(9-20-11)17-18(23)16(21-10-4-3-5-10)15-8-26-19(17)27-15/h6-7,9-10,15-19,21,23H,3-5,8H2,1-2H3. The highest BCUT2D eigenvalue weighted by Gasteiger charge is 2.51. The van der Waals surface area contributed by atoms with Gasteiger partial charge in [0, 0.05) is 18.2 Å². The number of hydrogen-bond donors (Lipinski definition) is 2. The number of nitrogens with zero attached hydrogens (tertiary/aromatic N) is 2. The SMILES string of the molecule is COc1cc2ncn(C3C4OCC(O4)C(NC4CCC4)C3O)c2cc1OC. The number of aliphatic hydroxyl groups is 1. The number of rotatable bonds is 5. The van der Waals surface area contributed by atoms with Gasteiger partial charge in [-0.15, -0.1) is 0 Å². The first-order chi connectivity index (χ1) is 13.2. The molecule has 5 rings (SSSR count). The van der Waals surface area contributed by atoms with Gasteiger partial charge in [-0.3, -0.25) is 0 Å². The molecule has 3 aliphatic rings. The van der Waals surface area contributed by atoms with Gasteiger partial charge in [-0.05, 0) is 12.8 Å². The van der Waals surface area contributed by atoms with E-state index in [1.54, 1.807) is 20.5 Å². The van der Waals surface area contributed by atoms with Crippen LogP contribution in [0.2, 0.25) is 0 Å². The summed E-state index contributed by atoms with van der Waals surface area (Å²) in [5.41, 5.74) is 1.61. The Bertz CT molecular complexity index is 836. The molecule has 2 N–H and O–H groups in total. The second kappa shape index (κ2) is 6.63. The first-order valence-electron chi connectivity index (χ1n) is 9.49. The van der Waals surface area contributed by atoms with Gasteiger partial charge in [0.05, 0.1) is 50.3 Å². The molecule has 2 aliphatic heterocycles. The summed E-state index contributed by atoms with van der Waals surface area (Å²) < 4.78 is 24.7. The van der Waals surface area contributed by atoms with Crippen LogP contribution >= 0.6 is 0 Å². The van der Waals surface area contributed by atoms with Crippen LogP contribution in [0.5, 0.6) is 11.5 Å². The molecule has 1 aromatic heterocycles. The second-order valence-corrected chi connectivity index (χ2v) is 7.53. The van der Waals surface area contributed by atoms with E-state index in [1.165, 1.54) is 6.42 Å². The molecule has 1 saturated carbocycles. The fourth-order valence-electron chi connectivity index (χ4n) is 4.34. The maximum atomic E-state index is 11.2. The van der Waals surface area contributed by atoms with Crippen LogP contribution in [0.3, 0.4) is 0 Å². The van der Waals surface area contributed by atoms with Crippen molar-refractivity contribution >= 4 is 11.0 Å². The van der Waals surface area contributed by atoms with Crippen LogP contribution in [0.1, 0.15) is 25.3 Å². The number of aliphatic hydroxyl groups excluding tert-OH is 1. The van der Waals surface area contributed by atoms with E-state index in [4.69, 9.17) is 18.9 Å². The van der Waals surface area contributed by atoms with Crippen LogP contribution in [-0.2, 0) is 9.47 Å². The van der Waals surface area contributed by atoms with Crippen LogP contribution in [-0.4, -0.2) is 66.1 Å². The number of aromatic nitrogens is 2. The van der Waals surface area contributed by atoms with Crippen molar-refractivity contribution in [2.24, 2.45) is 0 Å². The van der Waals surface area contributed by atoms with Crippen molar-refractivity contribution in [3.05, 3.63) is 18.5 Å². The summed E-state index contributed by atoms with van der Waals surface area (Å²) in [6.07, 6.45) is 4.01. The lowest BCUT2D eigenvalue weighted by Crippen LogP contribution is -2.60. The van der Waals surface area contributed by atoms with E-state index >= 15 is 0 Å². The van der Waals surface area contributed by atoms with Crippen molar-refractivity contribution in [1.29, 1.82) is 0 Å². The lowest BCUT2D eigenvalue weighted by Gasteiger charge is -2.42. The molecule has 8 nitrogen and oxygen atoms in total. The van der Waals surface area contributed by atoms with Gasteiger partial charge in [-0.2, -0.15) is 0 Å². The van der Waals surface area contributed by atoms with Gasteiger partial charge in [0.15, 0.2) is 17.8 Å². The minimum atomic E-state index is -0.637. The zero-order valence-electron chi connectivity index (χ0n) is 15.5. The van der Waals surface area contributed by atoms with E-state index in [1.807, 2.05) is 16.7 Å². The largest absolute Gasteiger partial charge is 0.493 e. The first-order valence-corrected chi connectivity index (χ1v) is 9.49. The van der Waals surface area contributed by atoms with Crippen molar-refractivity contribution in [1.82, 2.24) is 14.9 Å². The topological polar surface area (TPSA) is 87.0 Å². The quantitative estimate of drug-likeness (QED) is 0.813. The average Bonchev–Trinajstić information content (AvgIpc) is 3.25. The summed E-state index contributed by atoms with van der Waals surface area (Å²) >= 11 is 0. The molecule has 0 radical (unpaired) electrons. The van der Waals surface area contributed by atoms with Crippen LogP contribution < -0.4 is 14.8 Å². The maximum Gasteiger partial charge on any atom is 0.181 e. The van der Waals surface area contributed by atoms with Gasteiger partial charge in [0.1, 0.15) is 12.1 Å². The van der Waals surface area contributed by atoms with Crippen LogP contribution in [0, 0.1) is 0 Å². The first kappa shape index (κ1) is 17.2. The number of hydrogen-bond acceptors (Lipinski definition) is 7. The molecular formula is C19H25N3O5. The van der Waals surface area contributed by atoms with Gasteiger partial charge in [-0.1, -0.05) is 6.42 Å². The molecule has 2 aromatic rings. The Hall–Kier alpha value is -1.87. The molecule has 1 aliphatic carbocycles. The molecule has 2 bridgehead atoms. The predicted octanol–water partition coefficient (Wildman–Crippen LogP) is 1.22. The van der Waals surface area contributed by atoms with E-state index in [-0.39, 0.29) is 18.2 Å². The molecule has 5 atom stereocenters. The van der Waals surface area contributed by atoms with Crippen LogP contribution in [0.25, 0.3) is 11.0 Å². The predicted molar refractivity (Wildman–Crippen MR) is 97.1 cm³/mol. The number of benzene rings is 1. The lowest BCUT2D eigenvalue weighted by molar-refractivity contribution is -0.166. The summed E-state index contributed by atoms with van der Waals surface area (Å²) in [5.74, 6) is 1.24. The molecule has 146 valence electrons. The smallest absolute Gasteiger partial charge is 0.181 e. The maximum absolute atomic E-state index is 11.2. The van der Waals surface area contributed by atoms with Gasteiger partial charge in [-0.25, -0.2) is 4.98 Å². The van der Waals surface area contributed by atoms with E-state index in [9.17, 15) is 5.11 Å². The third kappa shape index (κ3) is 2.70. The molecule has 0 amide bonds. The molecule has 8 heteroatoms. The van der Waals surface area contributed by atoms with Crippen LogP contribution in [0.4, 0.5) is 0 Å². The molecule has 27 heavy (non-hydrogen) atoms. The van der Waals surface area contributed by atoms with E-state index in [0.717, 1.165) is 23.9 Å². The summed E-state index contributed by atoms with van der Waals surface area (Å²) in [6, 6.07) is 3.63. The zero-order chi connectivity index (χ0) is 18.5. The lowest BCUT2D eigenvalue weighted by atomic mass is 9.89. The third-order valence-corrected chi connectivity index (χ3v) is 6.07. The summed E-state index contributed by atoms with van der Waals surface area (Å²) in [5, 5.41) is 14.8. The van der Waals surface area contributed by atoms with Crippen molar-refractivity contribution in [3.8, 4) is 11.5 Å². The molecule has 3 fully saturated rings. The normalized spacial score (nSPS) is 33.2. The van der Waals surface area contributed by atoms with E-state index in [0.29, 0.717) is 24.1 Å². The average molecular weight is 375 g/mol. The van der Waals surface area contributed by atoms with Crippen molar-refractivity contribution in [2.75, 3.05) is 20.8 Å². The monoisotopic (exact) mass is 375 g/mol. The molecule has 3 heterocycles. The molecule has 2 saturated heterocycles. The fourth-order valence-corrected chi connectivity index (χ4v) is 4.34. The van der Waals surface area contributed by atoms with Gasteiger partial charge >= 0.3 is 0 Å². The Kier molecular flexibility index (Phi) is 4.23. The van der Waals surface area contributed by atoms with Gasteiger partial charge in [0.25, 0.3) is 0 Å². The number of imidazole rings is 1. The minimum Gasteiger partial charge on any atom is -0.493 e. The Morgan fingerprint density at radius 1 is 1.22 bits per heavy atom. The highest BCUT2D eigenvalue weighted by molar-refractivity contribution is 5.80. The third-order valence-electron chi connectivity index (χ3n) is 6.07. The zero-order valence-corrected chi connectivity index (χ0v) is 15.5. The number of nitrogens with one attached hydrogen (secondary N) is 1. The van der Waals surface area contributed by atoms with Crippen molar-refractivity contribution in [2.45, 2.75) is 55.9 Å². The van der Waals surface area contributed by atoms with E-state index in [2.05, 4.69) is 10.3 Å². The molecular weight excluding hydrogens is 350 g/mol. The molecule has 0 spiro atoms. The highest BCUT2D eigenvalue weighted by Crippen LogP contribution is 2.40. The van der Waals surface area contributed by atoms with Crippen molar-refractivity contribution < 1.29 is 24.1 Å². The fraction of sp³-hybridized carbons (Fsp3) is 0.632. The number of fused-ring (bicyclic) bond motifs is 3. The Morgan fingerprint density at radius 3 is 2.70 bits per heavy atom. The molecule has 5 unspecified atom stereocenters. The van der Waals surface area contributed by atoms with Crippen molar-refractivity contribution in [3.63, 3.8) is 0 Å². The number of methoxy groups -OCH3 is 2. The Morgan fingerprint density at radius 2 is 2.00 bits per heavy atom. The summed E-state index contributed by atoms with van der Waals surface area (Å²) in [6.45, 7) is 0.492. The van der Waals surface area contributed by atoms with E-state index < -0.39 is 12.4 Å².